The van der Waals surface area contributed by atoms with Gasteiger partial charge >= 0.3 is 12.1 Å². The van der Waals surface area contributed by atoms with Crippen molar-refractivity contribution in [1.29, 1.82) is 0 Å². The van der Waals surface area contributed by atoms with E-state index in [1.54, 1.807) is 0 Å². The fourth-order valence-electron chi connectivity index (χ4n) is 3.58. The van der Waals surface area contributed by atoms with Crippen LogP contribution in [0, 0.1) is 11.8 Å². The summed E-state index contributed by atoms with van der Waals surface area (Å²) in [4.78, 5) is 30.4. The maximum atomic E-state index is 13.1. The van der Waals surface area contributed by atoms with Crippen LogP contribution in [0.1, 0.15) is 19.4 Å². The minimum atomic E-state index is -4.85. The zero-order valence-electron chi connectivity index (χ0n) is 19.0. The van der Waals surface area contributed by atoms with Gasteiger partial charge in [0, 0.05) is 19.0 Å². The summed E-state index contributed by atoms with van der Waals surface area (Å²) in [5.74, 6) is -0.513. The largest absolute Gasteiger partial charge is 0.573 e. The third-order valence-corrected chi connectivity index (χ3v) is 5.55. The highest BCUT2D eigenvalue weighted by Crippen LogP contribution is 2.31. The Bertz CT molecular complexity index is 1170. The van der Waals surface area contributed by atoms with Crippen molar-refractivity contribution in [2.24, 2.45) is 23.9 Å². The van der Waals surface area contributed by atoms with E-state index >= 15 is 0 Å². The molecule has 0 bridgehead atoms. The van der Waals surface area contributed by atoms with Crippen molar-refractivity contribution in [1.82, 2.24) is 9.13 Å². The lowest BCUT2D eigenvalue weighted by molar-refractivity contribution is -0.274. The summed E-state index contributed by atoms with van der Waals surface area (Å²) < 4.78 is 54.9. The number of benzene rings is 1. The van der Waals surface area contributed by atoms with Gasteiger partial charge in [-0.3, -0.25) is 13.9 Å². The maximum Gasteiger partial charge on any atom is 0.573 e. The summed E-state index contributed by atoms with van der Waals surface area (Å²) in [6.07, 6.45) is -4.53. The molecule has 12 heteroatoms. The van der Waals surface area contributed by atoms with Gasteiger partial charge in [0.25, 0.3) is 5.56 Å². The fraction of sp³-hybridized carbons (Fsp3) is 0.500. The molecule has 1 aliphatic rings. The van der Waals surface area contributed by atoms with Crippen LogP contribution in [0.4, 0.5) is 19.0 Å². The molecule has 2 atom stereocenters. The molecule has 0 saturated carbocycles. The van der Waals surface area contributed by atoms with Gasteiger partial charge < -0.3 is 19.3 Å². The summed E-state index contributed by atoms with van der Waals surface area (Å²) in [5.41, 5.74) is -0.756. The van der Waals surface area contributed by atoms with Crippen LogP contribution in [0.3, 0.4) is 0 Å². The molecule has 3 rings (SSSR count). The molecule has 0 radical (unpaired) electrons. The number of aliphatic imine (C=N–C) groups is 1. The molecule has 2 unspecified atom stereocenters. The van der Waals surface area contributed by atoms with Crippen LogP contribution >= 0.6 is 0 Å². The zero-order valence-corrected chi connectivity index (χ0v) is 19.0. The second kappa shape index (κ2) is 10.4. The lowest BCUT2D eigenvalue weighted by Crippen LogP contribution is -2.42. The molecule has 0 fully saturated rings. The summed E-state index contributed by atoms with van der Waals surface area (Å²) >= 11 is 0. The summed E-state index contributed by atoms with van der Waals surface area (Å²) in [6.45, 7) is 3.73. The first-order valence-electron chi connectivity index (χ1n) is 10.7. The average molecular weight is 485 g/mol. The SMILES string of the molecule is CC1Cc2c(n(C)c(=O)n(CCOCCO)c2=O)N=C(Oc2cccc(OC(F)(F)F)c2)C1C. The van der Waals surface area contributed by atoms with Crippen LogP contribution in [0.2, 0.25) is 0 Å². The minimum absolute atomic E-state index is 0.0157. The van der Waals surface area contributed by atoms with E-state index < -0.39 is 23.4 Å². The van der Waals surface area contributed by atoms with Crippen molar-refractivity contribution in [2.75, 3.05) is 19.8 Å². The molecule has 1 aromatic heterocycles. The van der Waals surface area contributed by atoms with Gasteiger partial charge in [-0.25, -0.2) is 4.79 Å². The Balaban J connectivity index is 1.99. The molecule has 34 heavy (non-hydrogen) atoms. The highest BCUT2D eigenvalue weighted by Gasteiger charge is 2.32. The molecule has 186 valence electrons. The number of nitrogens with zero attached hydrogens (tertiary/aromatic N) is 3. The lowest BCUT2D eigenvalue weighted by Gasteiger charge is -2.19. The quantitative estimate of drug-likeness (QED) is 0.604. The normalized spacial score (nSPS) is 18.1. The number of halogens is 3. The van der Waals surface area contributed by atoms with E-state index in [-0.39, 0.29) is 55.7 Å². The molecule has 2 heterocycles. The van der Waals surface area contributed by atoms with Gasteiger partial charge in [-0.05, 0) is 24.5 Å². The maximum absolute atomic E-state index is 13.1. The number of aromatic nitrogens is 2. The van der Waals surface area contributed by atoms with Gasteiger partial charge in [-0.1, -0.05) is 19.9 Å². The van der Waals surface area contributed by atoms with Gasteiger partial charge in [0.05, 0.1) is 31.9 Å². The van der Waals surface area contributed by atoms with E-state index in [0.29, 0.717) is 12.0 Å². The molecule has 2 aromatic rings. The highest BCUT2D eigenvalue weighted by atomic mass is 19.4. The summed E-state index contributed by atoms with van der Waals surface area (Å²) in [6, 6.07) is 5.04. The van der Waals surface area contributed by atoms with E-state index in [4.69, 9.17) is 14.6 Å². The Morgan fingerprint density at radius 1 is 1.18 bits per heavy atom. The minimum Gasteiger partial charge on any atom is -0.442 e. The Kier molecular flexibility index (Phi) is 7.82. The van der Waals surface area contributed by atoms with Crippen molar-refractivity contribution in [2.45, 2.75) is 33.2 Å². The van der Waals surface area contributed by atoms with Gasteiger partial charge in [0.15, 0.2) is 5.90 Å². The molecule has 1 aromatic carbocycles. The van der Waals surface area contributed by atoms with Crippen LogP contribution in [-0.2, 0) is 24.8 Å². The Labute approximate surface area is 193 Å². The van der Waals surface area contributed by atoms with Crippen LogP contribution in [0.15, 0.2) is 38.8 Å². The molecular formula is C22H26F3N3O6. The molecular weight excluding hydrogens is 459 g/mol. The van der Waals surface area contributed by atoms with Gasteiger partial charge in [-0.2, -0.15) is 4.99 Å². The molecule has 1 N–H and O–H groups in total. The lowest BCUT2D eigenvalue weighted by atomic mass is 9.91. The molecule has 1 aliphatic heterocycles. The summed E-state index contributed by atoms with van der Waals surface area (Å²) in [5, 5.41) is 8.81. The number of rotatable bonds is 7. The number of fused-ring (bicyclic) bond motifs is 1. The van der Waals surface area contributed by atoms with Crippen molar-refractivity contribution in [3.8, 4) is 11.5 Å². The summed E-state index contributed by atoms with van der Waals surface area (Å²) in [7, 11) is 1.48. The van der Waals surface area contributed by atoms with E-state index in [2.05, 4.69) is 9.73 Å². The number of hydrogen-bond donors (Lipinski definition) is 1. The number of hydrogen-bond acceptors (Lipinski definition) is 7. The number of alkyl halides is 3. The second-order valence-electron chi connectivity index (χ2n) is 7.98. The predicted molar refractivity (Wildman–Crippen MR) is 117 cm³/mol. The first-order chi connectivity index (χ1) is 16.0. The first kappa shape index (κ1) is 25.5. The predicted octanol–water partition coefficient (Wildman–Crippen LogP) is 2.39. The van der Waals surface area contributed by atoms with Crippen molar-refractivity contribution in [3.63, 3.8) is 0 Å². The van der Waals surface area contributed by atoms with Crippen LogP contribution in [0.25, 0.3) is 0 Å². The first-order valence-corrected chi connectivity index (χ1v) is 10.7. The van der Waals surface area contributed by atoms with E-state index in [0.717, 1.165) is 16.7 Å². The topological polar surface area (TPSA) is 104 Å². The number of ether oxygens (including phenoxy) is 3. The van der Waals surface area contributed by atoms with Crippen LogP contribution in [0.5, 0.6) is 11.5 Å². The Hall–Kier alpha value is -3.12. The Morgan fingerprint density at radius 3 is 2.56 bits per heavy atom. The third kappa shape index (κ3) is 5.86. The van der Waals surface area contributed by atoms with E-state index in [9.17, 15) is 22.8 Å². The van der Waals surface area contributed by atoms with Gasteiger partial charge in [-0.15, -0.1) is 13.2 Å². The third-order valence-electron chi connectivity index (χ3n) is 5.55. The standard InChI is InChI=1S/C22H26F3N3O6/c1-13-11-17-18(27(3)21(31)28(20(17)30)7-9-32-10-8-29)26-19(14(13)2)33-15-5-4-6-16(12-15)34-22(23,24)25/h4-6,12-14,29H,7-11H2,1-3H3. The van der Waals surface area contributed by atoms with Crippen LogP contribution in [-0.4, -0.2) is 46.3 Å². The molecule has 0 amide bonds. The second-order valence-corrected chi connectivity index (χ2v) is 7.98. The number of aliphatic hydroxyl groups is 1. The number of aliphatic hydroxyl groups excluding tert-OH is 1. The van der Waals surface area contributed by atoms with Crippen molar-refractivity contribution in [3.05, 3.63) is 50.7 Å². The molecule has 0 spiro atoms. The Morgan fingerprint density at radius 2 is 1.88 bits per heavy atom. The van der Waals surface area contributed by atoms with Crippen molar-refractivity contribution < 1.29 is 32.5 Å². The van der Waals surface area contributed by atoms with Gasteiger partial charge in [0.2, 0.25) is 0 Å². The smallest absolute Gasteiger partial charge is 0.442 e. The van der Waals surface area contributed by atoms with E-state index in [1.165, 1.54) is 23.7 Å². The molecule has 0 aliphatic carbocycles. The average Bonchev–Trinajstić information content (AvgIpc) is 2.88. The van der Waals surface area contributed by atoms with E-state index in [1.807, 2.05) is 13.8 Å². The van der Waals surface area contributed by atoms with Crippen molar-refractivity contribution >= 4 is 11.7 Å². The fourth-order valence-corrected chi connectivity index (χ4v) is 3.58. The monoisotopic (exact) mass is 485 g/mol. The molecule has 9 nitrogen and oxygen atoms in total. The molecule has 0 saturated heterocycles. The highest BCUT2D eigenvalue weighted by molar-refractivity contribution is 5.84. The zero-order chi connectivity index (χ0) is 25.0. The van der Waals surface area contributed by atoms with Gasteiger partial charge in [0.1, 0.15) is 17.3 Å². The van der Waals surface area contributed by atoms with Crippen LogP contribution < -0.4 is 20.7 Å².